The molecule has 0 bridgehead atoms. The molecule has 0 aliphatic rings. The molecule has 3 aromatic carbocycles. The highest BCUT2D eigenvalue weighted by Gasteiger charge is 2.41. The van der Waals surface area contributed by atoms with Gasteiger partial charge in [0.2, 0.25) is 0 Å². The molecule has 0 aliphatic carbocycles. The fraction of sp³-hybridized carbons (Fsp3) is 0. The summed E-state index contributed by atoms with van der Waals surface area (Å²) < 4.78 is 0. The van der Waals surface area contributed by atoms with Gasteiger partial charge in [-0.25, -0.2) is 0 Å². The van der Waals surface area contributed by atoms with Crippen LogP contribution >= 0.6 is 7.41 Å². The lowest BCUT2D eigenvalue weighted by Gasteiger charge is -2.21. The van der Waals surface area contributed by atoms with Crippen LogP contribution in [0, 0.1) is 0 Å². The monoisotopic (exact) mass is 289 g/mol. The molecule has 0 atom stereocenters. The van der Waals surface area contributed by atoms with E-state index in [1.807, 2.05) is 18.2 Å². The quantitative estimate of drug-likeness (QED) is 0.582. The molecule has 0 fully saturated rings. The van der Waals surface area contributed by atoms with Gasteiger partial charge in [0.05, 0.1) is 0 Å². The van der Waals surface area contributed by atoms with E-state index in [1.165, 1.54) is 15.9 Å². The zero-order valence-corrected chi connectivity index (χ0v) is 12.7. The third kappa shape index (κ3) is 2.92. The van der Waals surface area contributed by atoms with Crippen molar-refractivity contribution < 1.29 is 0 Å². The Bertz CT molecular complexity index is 575. The highest BCUT2D eigenvalue weighted by atomic mass is 31.2. The van der Waals surface area contributed by atoms with E-state index in [0.717, 1.165) is 0 Å². The van der Waals surface area contributed by atoms with E-state index in [0.29, 0.717) is 0 Å². The normalized spacial score (nSPS) is 10.7. The van der Waals surface area contributed by atoms with E-state index < -0.39 is 7.41 Å². The van der Waals surface area contributed by atoms with E-state index in [-0.39, 0.29) is 8.41 Å². The van der Waals surface area contributed by atoms with Gasteiger partial charge in [-0.3, -0.25) is 0 Å². The molecule has 3 aromatic rings. The lowest BCUT2D eigenvalue weighted by atomic mass is 10.4. The van der Waals surface area contributed by atoms with Crippen LogP contribution in [0.1, 0.15) is 0 Å². The maximum Gasteiger partial charge on any atom is 0.175 e. The van der Waals surface area contributed by atoms with E-state index in [1.54, 1.807) is 0 Å². The Morgan fingerprint density at radius 2 is 0.714 bits per heavy atom. The smallest absolute Gasteiger partial charge is 0.175 e. The zero-order chi connectivity index (χ0) is 13.8. The summed E-state index contributed by atoms with van der Waals surface area (Å²) in [5.41, 5.74) is 6.97. The molecular formula is C18H17BNP+. The summed E-state index contributed by atoms with van der Waals surface area (Å²) in [5.74, 6) is 0. The summed E-state index contributed by atoms with van der Waals surface area (Å²) in [4.78, 5) is 0. The number of hydrogen-bond donors (Lipinski definition) is 1. The van der Waals surface area contributed by atoms with Crippen molar-refractivity contribution in [1.82, 2.24) is 0 Å². The van der Waals surface area contributed by atoms with Gasteiger partial charge in [-0.1, -0.05) is 54.6 Å². The molecule has 0 amide bonds. The SMILES string of the molecule is N[P+](c1ccccc1)(c1ccccc1)c1ccccc1.[B]. The van der Waals surface area contributed by atoms with Crippen molar-refractivity contribution in [3.63, 3.8) is 0 Å². The molecule has 0 unspecified atom stereocenters. The molecule has 3 radical (unpaired) electrons. The van der Waals surface area contributed by atoms with E-state index in [2.05, 4.69) is 72.8 Å². The predicted molar refractivity (Wildman–Crippen MR) is 95.1 cm³/mol. The van der Waals surface area contributed by atoms with Crippen LogP contribution in [-0.4, -0.2) is 8.41 Å². The van der Waals surface area contributed by atoms with Crippen molar-refractivity contribution in [2.24, 2.45) is 5.50 Å². The second kappa shape index (κ2) is 6.71. The Hall–Kier alpha value is -1.89. The van der Waals surface area contributed by atoms with Gasteiger partial charge in [-0.15, -0.1) is 0 Å². The summed E-state index contributed by atoms with van der Waals surface area (Å²) in [7, 11) is -2.03. The first kappa shape index (κ1) is 15.5. The minimum absolute atomic E-state index is 0. The molecule has 2 N–H and O–H groups in total. The molecule has 0 saturated carbocycles. The molecule has 0 aromatic heterocycles. The topological polar surface area (TPSA) is 26.0 Å². The van der Waals surface area contributed by atoms with Crippen molar-refractivity contribution in [3.05, 3.63) is 91.0 Å². The molecule has 0 saturated heterocycles. The standard InChI is InChI=1S/C18H17NP.B/c19-20(16-10-4-1-5-11-16,17-12-6-2-7-13-17)18-14-8-3-9-15-18;/h1-15H,19H2;/q+1;. The molecule has 1 nitrogen and oxygen atoms in total. The number of benzene rings is 3. The summed E-state index contributed by atoms with van der Waals surface area (Å²) >= 11 is 0. The molecule has 3 heteroatoms. The summed E-state index contributed by atoms with van der Waals surface area (Å²) in [5, 5.41) is 3.62. The van der Waals surface area contributed by atoms with Crippen LogP contribution in [0.5, 0.6) is 0 Å². The van der Waals surface area contributed by atoms with Crippen LogP contribution in [-0.2, 0) is 0 Å². The minimum atomic E-state index is -2.03. The molecule has 3 rings (SSSR count). The Kier molecular flexibility index (Phi) is 4.96. The number of hydrogen-bond acceptors (Lipinski definition) is 1. The van der Waals surface area contributed by atoms with Crippen LogP contribution < -0.4 is 21.4 Å². The van der Waals surface area contributed by atoms with Gasteiger partial charge in [0, 0.05) is 8.41 Å². The lowest BCUT2D eigenvalue weighted by Crippen LogP contribution is -2.36. The fourth-order valence-corrected chi connectivity index (χ4v) is 5.26. The first-order valence-electron chi connectivity index (χ1n) is 6.66. The first-order valence-corrected chi connectivity index (χ1v) is 8.52. The average Bonchev–Trinajstić information content (AvgIpc) is 2.56. The van der Waals surface area contributed by atoms with Gasteiger partial charge >= 0.3 is 0 Å². The summed E-state index contributed by atoms with van der Waals surface area (Å²) in [6.07, 6.45) is 0. The van der Waals surface area contributed by atoms with Crippen LogP contribution in [0.3, 0.4) is 0 Å². The van der Waals surface area contributed by atoms with E-state index >= 15 is 0 Å². The Morgan fingerprint density at radius 1 is 0.476 bits per heavy atom. The molecule has 0 spiro atoms. The van der Waals surface area contributed by atoms with Gasteiger partial charge in [-0.2, -0.15) is 5.50 Å². The maximum absolute atomic E-state index is 6.97. The highest BCUT2D eigenvalue weighted by molar-refractivity contribution is 7.93. The summed E-state index contributed by atoms with van der Waals surface area (Å²) in [6, 6.07) is 31.2. The van der Waals surface area contributed by atoms with Gasteiger partial charge in [-0.05, 0) is 36.4 Å². The van der Waals surface area contributed by atoms with Gasteiger partial charge in [0.15, 0.2) is 7.41 Å². The Morgan fingerprint density at radius 3 is 0.952 bits per heavy atom. The second-order valence-corrected chi connectivity index (χ2v) is 7.72. The van der Waals surface area contributed by atoms with Crippen molar-refractivity contribution in [2.45, 2.75) is 0 Å². The molecule has 21 heavy (non-hydrogen) atoms. The second-order valence-electron chi connectivity index (χ2n) is 4.73. The van der Waals surface area contributed by atoms with Crippen LogP contribution in [0.15, 0.2) is 91.0 Å². The van der Waals surface area contributed by atoms with E-state index in [9.17, 15) is 0 Å². The molecule has 0 aliphatic heterocycles. The minimum Gasteiger partial charge on any atom is -0.191 e. The third-order valence-electron chi connectivity index (χ3n) is 3.49. The average molecular weight is 289 g/mol. The van der Waals surface area contributed by atoms with Crippen molar-refractivity contribution in [3.8, 4) is 0 Å². The Labute approximate surface area is 128 Å². The molecular weight excluding hydrogens is 272 g/mol. The predicted octanol–water partition coefficient (Wildman–Crippen LogP) is 2.47. The van der Waals surface area contributed by atoms with Crippen molar-refractivity contribution in [2.75, 3.05) is 0 Å². The largest absolute Gasteiger partial charge is 0.191 e. The number of nitrogens with two attached hydrogens (primary N) is 1. The first-order chi connectivity index (χ1) is 9.82. The maximum atomic E-state index is 6.97. The summed E-state index contributed by atoms with van der Waals surface area (Å²) in [6.45, 7) is 0. The third-order valence-corrected chi connectivity index (χ3v) is 6.83. The van der Waals surface area contributed by atoms with Crippen molar-refractivity contribution >= 4 is 31.7 Å². The molecule has 0 heterocycles. The lowest BCUT2D eigenvalue weighted by molar-refractivity contribution is 1.69. The fourth-order valence-electron chi connectivity index (χ4n) is 2.44. The van der Waals surface area contributed by atoms with Gasteiger partial charge in [0.25, 0.3) is 0 Å². The Balaban J connectivity index is 0.00000161. The van der Waals surface area contributed by atoms with E-state index in [4.69, 9.17) is 5.50 Å². The zero-order valence-electron chi connectivity index (χ0n) is 11.8. The van der Waals surface area contributed by atoms with Crippen LogP contribution in [0.25, 0.3) is 0 Å². The van der Waals surface area contributed by atoms with Gasteiger partial charge < -0.3 is 0 Å². The highest BCUT2D eigenvalue weighted by Crippen LogP contribution is 2.46. The number of rotatable bonds is 3. The molecule has 101 valence electrons. The van der Waals surface area contributed by atoms with Crippen LogP contribution in [0.4, 0.5) is 0 Å². The van der Waals surface area contributed by atoms with Crippen LogP contribution in [0.2, 0.25) is 0 Å². The van der Waals surface area contributed by atoms with Crippen molar-refractivity contribution in [1.29, 1.82) is 0 Å². The van der Waals surface area contributed by atoms with Gasteiger partial charge in [0.1, 0.15) is 15.9 Å².